The summed E-state index contributed by atoms with van der Waals surface area (Å²) >= 11 is 3.61. The van der Waals surface area contributed by atoms with Gasteiger partial charge < -0.3 is 10.0 Å². The van der Waals surface area contributed by atoms with Crippen molar-refractivity contribution in [3.63, 3.8) is 0 Å². The number of halogens is 4. The average molecular weight is 480 g/mol. The molecule has 1 spiro atoms. The predicted octanol–water partition coefficient (Wildman–Crippen LogP) is 5.48. The van der Waals surface area contributed by atoms with Crippen molar-refractivity contribution in [1.29, 1.82) is 0 Å². The number of rotatable bonds is 3. The highest BCUT2D eigenvalue weighted by molar-refractivity contribution is 9.10. The zero-order valence-corrected chi connectivity index (χ0v) is 17.7. The summed E-state index contributed by atoms with van der Waals surface area (Å²) in [4.78, 5) is 13.1. The molecule has 7 heteroatoms. The van der Waals surface area contributed by atoms with Crippen molar-refractivity contribution < 1.29 is 23.1 Å². The van der Waals surface area contributed by atoms with Crippen LogP contribution in [0.1, 0.15) is 47.6 Å². The Labute approximate surface area is 181 Å². The Bertz CT molecular complexity index is 994. The number of fused-ring (bicyclic) bond motifs is 2. The minimum atomic E-state index is -4.51. The van der Waals surface area contributed by atoms with Gasteiger partial charge in [0.25, 0.3) is 0 Å². The fourth-order valence-electron chi connectivity index (χ4n) is 4.97. The number of alkyl halides is 3. The van der Waals surface area contributed by atoms with E-state index in [1.54, 1.807) is 6.07 Å². The van der Waals surface area contributed by atoms with Gasteiger partial charge >= 0.3 is 6.18 Å². The molecule has 0 amide bonds. The van der Waals surface area contributed by atoms with Crippen molar-refractivity contribution in [2.45, 2.75) is 37.0 Å². The van der Waals surface area contributed by atoms with Crippen LogP contribution in [0.4, 0.5) is 13.2 Å². The van der Waals surface area contributed by atoms with E-state index in [0.717, 1.165) is 21.7 Å². The van der Waals surface area contributed by atoms with Crippen LogP contribution in [0.5, 0.6) is 0 Å². The van der Waals surface area contributed by atoms with Crippen LogP contribution in [0.25, 0.3) is 5.70 Å². The minimum absolute atomic E-state index is 0.0149. The maximum absolute atomic E-state index is 13.5. The van der Waals surface area contributed by atoms with E-state index < -0.39 is 17.8 Å². The number of hydrogen-bond acceptors (Lipinski definition) is 3. The van der Waals surface area contributed by atoms with Gasteiger partial charge in [-0.15, -0.1) is 0 Å². The van der Waals surface area contributed by atoms with Crippen LogP contribution in [0.15, 0.2) is 53.0 Å². The lowest BCUT2D eigenvalue weighted by Crippen LogP contribution is -2.41. The molecule has 0 bridgehead atoms. The Kier molecular flexibility index (Phi) is 5.53. The fraction of sp³-hybridized carbons (Fsp3) is 0.348. The predicted molar refractivity (Wildman–Crippen MR) is 112 cm³/mol. The lowest BCUT2D eigenvalue weighted by molar-refractivity contribution is -0.137. The molecule has 2 aromatic carbocycles. The maximum Gasteiger partial charge on any atom is 0.417 e. The first-order valence-corrected chi connectivity index (χ1v) is 10.6. The summed E-state index contributed by atoms with van der Waals surface area (Å²) < 4.78 is 41.6. The van der Waals surface area contributed by atoms with Gasteiger partial charge in [0.15, 0.2) is 0 Å². The van der Waals surface area contributed by atoms with E-state index in [-0.39, 0.29) is 11.0 Å². The topological polar surface area (TPSA) is 40.5 Å². The van der Waals surface area contributed by atoms with Crippen LogP contribution in [0.3, 0.4) is 0 Å². The third-order valence-corrected chi connectivity index (χ3v) is 6.98. The molecule has 1 aliphatic carbocycles. The first-order valence-electron chi connectivity index (χ1n) is 9.81. The van der Waals surface area contributed by atoms with Gasteiger partial charge in [0.1, 0.15) is 6.29 Å². The van der Waals surface area contributed by atoms with Crippen molar-refractivity contribution in [2.24, 2.45) is 0 Å². The Morgan fingerprint density at radius 2 is 1.83 bits per heavy atom. The monoisotopic (exact) mass is 479 g/mol. The zero-order chi connectivity index (χ0) is 21.5. The van der Waals surface area contributed by atoms with E-state index in [0.29, 0.717) is 44.3 Å². The lowest BCUT2D eigenvalue weighted by Gasteiger charge is -2.42. The number of likely N-dealkylation sites (tertiary alicyclic amines) is 1. The third kappa shape index (κ3) is 3.58. The maximum atomic E-state index is 13.5. The van der Waals surface area contributed by atoms with E-state index in [9.17, 15) is 23.1 Å². The normalized spacial score (nSPS) is 21.0. The summed E-state index contributed by atoms with van der Waals surface area (Å²) in [7, 11) is 0. The van der Waals surface area contributed by atoms with Gasteiger partial charge in [0.2, 0.25) is 0 Å². The molecular formula is C23H21BrF3NO2. The molecule has 1 atom stereocenters. The first kappa shape index (κ1) is 21.1. The highest BCUT2D eigenvalue weighted by Gasteiger charge is 2.46. The second-order valence-corrected chi connectivity index (χ2v) is 8.78. The molecular weight excluding hydrogens is 459 g/mol. The van der Waals surface area contributed by atoms with Gasteiger partial charge in [-0.3, -0.25) is 4.79 Å². The second kappa shape index (κ2) is 7.85. The summed E-state index contributed by atoms with van der Waals surface area (Å²) in [6.07, 6.45) is -1.32. The smallest absolute Gasteiger partial charge is 0.388 e. The van der Waals surface area contributed by atoms with Gasteiger partial charge in [0.05, 0.1) is 11.7 Å². The van der Waals surface area contributed by atoms with Crippen molar-refractivity contribution >= 4 is 27.9 Å². The summed E-state index contributed by atoms with van der Waals surface area (Å²) in [5.74, 6) is 0. The quantitative estimate of drug-likeness (QED) is 0.468. The van der Waals surface area contributed by atoms with E-state index in [2.05, 4.69) is 15.9 Å². The van der Waals surface area contributed by atoms with Crippen molar-refractivity contribution in [1.82, 2.24) is 4.90 Å². The van der Waals surface area contributed by atoms with Crippen molar-refractivity contribution in [3.8, 4) is 0 Å². The number of aliphatic hydroxyl groups is 1. The average Bonchev–Trinajstić information content (AvgIpc) is 2.99. The lowest BCUT2D eigenvalue weighted by atomic mass is 9.73. The van der Waals surface area contributed by atoms with Crippen LogP contribution >= 0.6 is 15.9 Å². The molecule has 3 nitrogen and oxygen atoms in total. The van der Waals surface area contributed by atoms with Crippen molar-refractivity contribution in [3.05, 3.63) is 75.3 Å². The number of aldehydes is 1. The highest BCUT2D eigenvalue weighted by Crippen LogP contribution is 2.53. The molecule has 1 N–H and O–H groups in total. The first-order chi connectivity index (χ1) is 14.3. The molecule has 1 aliphatic heterocycles. The zero-order valence-electron chi connectivity index (χ0n) is 16.1. The van der Waals surface area contributed by atoms with Gasteiger partial charge in [-0.2, -0.15) is 13.2 Å². The Balaban J connectivity index is 1.65. The Morgan fingerprint density at radius 1 is 1.13 bits per heavy atom. The highest BCUT2D eigenvalue weighted by atomic mass is 79.9. The van der Waals surface area contributed by atoms with Gasteiger partial charge in [-0.25, -0.2) is 0 Å². The third-order valence-electron chi connectivity index (χ3n) is 6.31. The van der Waals surface area contributed by atoms with Crippen LogP contribution in [-0.2, 0) is 16.4 Å². The Hall–Kier alpha value is -2.12. The molecule has 2 aromatic rings. The van der Waals surface area contributed by atoms with Crippen LogP contribution in [0, 0.1) is 0 Å². The number of allylic oxidation sites excluding steroid dienone is 1. The Morgan fingerprint density at radius 3 is 2.50 bits per heavy atom. The number of carbonyl (C=O) groups excluding carboxylic acids is 1. The van der Waals surface area contributed by atoms with Gasteiger partial charge in [-0.1, -0.05) is 46.3 Å². The molecule has 30 heavy (non-hydrogen) atoms. The van der Waals surface area contributed by atoms with E-state index >= 15 is 0 Å². The molecule has 2 aliphatic rings. The molecule has 1 saturated heterocycles. The molecule has 1 heterocycles. The van der Waals surface area contributed by atoms with Gasteiger partial charge in [0, 0.05) is 40.3 Å². The van der Waals surface area contributed by atoms with Crippen molar-refractivity contribution in [2.75, 3.05) is 13.1 Å². The summed E-state index contributed by atoms with van der Waals surface area (Å²) in [5, 5.41) is 10.6. The molecule has 158 valence electrons. The summed E-state index contributed by atoms with van der Waals surface area (Å²) in [6, 6.07) is 11.2. The summed E-state index contributed by atoms with van der Waals surface area (Å²) in [6.45, 7) is 0.999. The van der Waals surface area contributed by atoms with Crippen LogP contribution in [0.2, 0.25) is 0 Å². The standard InChI is InChI=1S/C23H21BrF3NO2/c24-18-7-3-5-16-20(30)14-22(21(16)18)9-11-28(12-10-22)19(8-13-29)15-4-1-2-6-17(15)23(25,26)27/h1-8,13,20,30H,9-12,14H2/b19-8-. The second-order valence-electron chi connectivity index (χ2n) is 7.92. The molecule has 1 fully saturated rings. The van der Waals surface area contributed by atoms with Crippen LogP contribution in [-0.4, -0.2) is 29.4 Å². The van der Waals surface area contributed by atoms with Gasteiger partial charge in [-0.05, 0) is 42.5 Å². The summed E-state index contributed by atoms with van der Waals surface area (Å²) in [5.41, 5.74) is 1.36. The van der Waals surface area contributed by atoms with E-state index in [1.807, 2.05) is 23.1 Å². The molecule has 0 saturated carbocycles. The van der Waals surface area contributed by atoms with E-state index in [4.69, 9.17) is 0 Å². The largest absolute Gasteiger partial charge is 0.417 e. The number of hydrogen-bond donors (Lipinski definition) is 1. The molecule has 1 unspecified atom stereocenters. The SMILES string of the molecule is O=C/C=C(/c1ccccc1C(F)(F)F)N1CCC2(CC1)CC(O)c1cccc(Br)c12. The fourth-order valence-corrected chi connectivity index (χ4v) is 5.78. The number of piperidine rings is 1. The minimum Gasteiger partial charge on any atom is -0.388 e. The number of nitrogens with zero attached hydrogens (tertiary/aromatic N) is 1. The number of aliphatic hydroxyl groups excluding tert-OH is 1. The number of carbonyl (C=O) groups is 1. The van der Waals surface area contributed by atoms with E-state index in [1.165, 1.54) is 18.2 Å². The number of benzene rings is 2. The molecule has 0 radical (unpaired) electrons. The van der Waals surface area contributed by atoms with Crippen LogP contribution < -0.4 is 0 Å². The molecule has 4 rings (SSSR count). The molecule has 0 aromatic heterocycles.